The molecular formula is C14H14N2O3. The van der Waals surface area contributed by atoms with Crippen LogP contribution in [0.5, 0.6) is 0 Å². The van der Waals surface area contributed by atoms with Gasteiger partial charge >= 0.3 is 5.97 Å². The van der Waals surface area contributed by atoms with Gasteiger partial charge in [0.25, 0.3) is 5.56 Å². The van der Waals surface area contributed by atoms with Crippen molar-refractivity contribution in [1.82, 2.24) is 4.57 Å². The second-order valence-corrected chi connectivity index (χ2v) is 4.22. The maximum absolute atomic E-state index is 11.9. The molecule has 0 spiro atoms. The summed E-state index contributed by atoms with van der Waals surface area (Å²) in [6.07, 6.45) is 1.68. The van der Waals surface area contributed by atoms with Crippen molar-refractivity contribution in [1.29, 1.82) is 0 Å². The largest absolute Gasteiger partial charge is 0.480 e. The third kappa shape index (κ3) is 2.82. The number of benzene rings is 1. The summed E-state index contributed by atoms with van der Waals surface area (Å²) in [6, 6.07) is 11.2. The van der Waals surface area contributed by atoms with E-state index in [9.17, 15) is 14.7 Å². The number of nitrogens with two attached hydrogens (primary N) is 1. The van der Waals surface area contributed by atoms with Crippen LogP contribution in [0.4, 0.5) is 5.69 Å². The lowest BCUT2D eigenvalue weighted by Crippen LogP contribution is -2.32. The Bertz CT molecular complexity index is 635. The molecule has 1 heterocycles. The molecule has 3 N–H and O–H groups in total. The van der Waals surface area contributed by atoms with Crippen LogP contribution in [0, 0.1) is 0 Å². The Morgan fingerprint density at radius 2 is 1.89 bits per heavy atom. The van der Waals surface area contributed by atoms with Gasteiger partial charge < -0.3 is 10.8 Å². The molecule has 0 fully saturated rings. The number of rotatable bonds is 4. The molecule has 1 unspecified atom stereocenters. The van der Waals surface area contributed by atoms with Crippen LogP contribution >= 0.6 is 0 Å². The van der Waals surface area contributed by atoms with Crippen molar-refractivity contribution >= 4 is 11.7 Å². The van der Waals surface area contributed by atoms with Gasteiger partial charge in [-0.3, -0.25) is 9.36 Å². The number of nitrogens with zero attached hydrogens (tertiary/aromatic N) is 1. The molecule has 0 bridgehead atoms. The van der Waals surface area contributed by atoms with E-state index in [2.05, 4.69) is 0 Å². The van der Waals surface area contributed by atoms with E-state index in [4.69, 9.17) is 5.73 Å². The summed E-state index contributed by atoms with van der Waals surface area (Å²) < 4.78 is 1.16. The molecule has 0 radical (unpaired) electrons. The number of aliphatic carboxylic acids is 1. The molecule has 5 heteroatoms. The number of hydrogen-bond acceptors (Lipinski definition) is 3. The van der Waals surface area contributed by atoms with Gasteiger partial charge in [0.05, 0.1) is 5.69 Å². The van der Waals surface area contributed by atoms with E-state index in [1.54, 1.807) is 6.07 Å². The van der Waals surface area contributed by atoms with Crippen LogP contribution < -0.4 is 11.3 Å². The van der Waals surface area contributed by atoms with Crippen molar-refractivity contribution in [2.75, 3.05) is 5.73 Å². The predicted molar refractivity (Wildman–Crippen MR) is 71.9 cm³/mol. The number of carboxylic acid groups (broad SMARTS) is 1. The fourth-order valence-electron chi connectivity index (χ4n) is 1.91. The fraction of sp³-hybridized carbons (Fsp3) is 0.143. The van der Waals surface area contributed by atoms with Gasteiger partial charge in [-0.15, -0.1) is 0 Å². The van der Waals surface area contributed by atoms with Crippen LogP contribution in [0.1, 0.15) is 11.6 Å². The average molecular weight is 258 g/mol. The quantitative estimate of drug-likeness (QED) is 0.865. The van der Waals surface area contributed by atoms with Crippen LogP contribution in [0.3, 0.4) is 0 Å². The molecule has 5 nitrogen and oxygen atoms in total. The van der Waals surface area contributed by atoms with Crippen LogP contribution in [-0.4, -0.2) is 15.6 Å². The molecule has 98 valence electrons. The molecule has 0 aliphatic rings. The van der Waals surface area contributed by atoms with Crippen molar-refractivity contribution in [3.63, 3.8) is 0 Å². The maximum atomic E-state index is 11.9. The maximum Gasteiger partial charge on any atom is 0.327 e. The number of nitrogen functional groups attached to an aromatic ring is 1. The van der Waals surface area contributed by atoms with Crippen LogP contribution in [0.15, 0.2) is 53.5 Å². The molecule has 0 aliphatic heterocycles. The highest BCUT2D eigenvalue weighted by atomic mass is 16.4. The van der Waals surface area contributed by atoms with E-state index < -0.39 is 17.6 Å². The number of anilines is 1. The fourth-order valence-corrected chi connectivity index (χ4v) is 1.91. The third-order valence-electron chi connectivity index (χ3n) is 2.90. The zero-order valence-electron chi connectivity index (χ0n) is 10.2. The first-order valence-electron chi connectivity index (χ1n) is 5.83. The number of hydrogen-bond donors (Lipinski definition) is 2. The normalized spacial score (nSPS) is 12.0. The van der Waals surface area contributed by atoms with Crippen LogP contribution in [0.25, 0.3) is 0 Å². The second kappa shape index (κ2) is 5.39. The van der Waals surface area contributed by atoms with E-state index in [0.717, 1.165) is 10.1 Å². The smallest absolute Gasteiger partial charge is 0.327 e. The van der Waals surface area contributed by atoms with Crippen LogP contribution in [0.2, 0.25) is 0 Å². The minimum Gasteiger partial charge on any atom is -0.480 e. The molecule has 0 saturated heterocycles. The predicted octanol–water partition coefficient (Wildman–Crippen LogP) is 1.30. The van der Waals surface area contributed by atoms with Gasteiger partial charge in [0.2, 0.25) is 0 Å². The molecule has 0 amide bonds. The third-order valence-corrected chi connectivity index (χ3v) is 2.90. The number of carboxylic acids is 1. The summed E-state index contributed by atoms with van der Waals surface area (Å²) in [5, 5.41) is 9.30. The van der Waals surface area contributed by atoms with Gasteiger partial charge in [-0.25, -0.2) is 4.79 Å². The highest BCUT2D eigenvalue weighted by Gasteiger charge is 2.21. The van der Waals surface area contributed by atoms with Gasteiger partial charge in [0.15, 0.2) is 0 Å². The molecule has 0 saturated carbocycles. The first-order valence-corrected chi connectivity index (χ1v) is 5.83. The highest BCUT2D eigenvalue weighted by Crippen LogP contribution is 2.13. The summed E-state index contributed by atoms with van der Waals surface area (Å²) in [5.74, 6) is -1.06. The zero-order chi connectivity index (χ0) is 13.8. The van der Waals surface area contributed by atoms with Crippen molar-refractivity contribution in [3.8, 4) is 0 Å². The van der Waals surface area contributed by atoms with E-state index in [1.165, 1.54) is 12.3 Å². The summed E-state index contributed by atoms with van der Waals surface area (Å²) in [7, 11) is 0. The van der Waals surface area contributed by atoms with Crippen molar-refractivity contribution in [3.05, 3.63) is 64.6 Å². The Hall–Kier alpha value is -2.56. The van der Waals surface area contributed by atoms with Gasteiger partial charge in [-0.05, 0) is 17.7 Å². The number of carbonyl (C=O) groups is 1. The first-order chi connectivity index (χ1) is 9.09. The molecule has 0 aliphatic carbocycles. The molecular weight excluding hydrogens is 244 g/mol. The van der Waals surface area contributed by atoms with Crippen molar-refractivity contribution in [2.24, 2.45) is 0 Å². The van der Waals surface area contributed by atoms with Crippen molar-refractivity contribution in [2.45, 2.75) is 12.5 Å². The monoisotopic (exact) mass is 258 g/mol. The standard InChI is InChI=1S/C14H14N2O3/c15-11-7-4-8-16(13(11)17)12(14(18)19)9-10-5-2-1-3-6-10/h1-8,12H,9,15H2,(H,18,19). The summed E-state index contributed by atoms with van der Waals surface area (Å²) in [5.41, 5.74) is 5.94. The lowest BCUT2D eigenvalue weighted by Gasteiger charge is -2.16. The van der Waals surface area contributed by atoms with Crippen molar-refractivity contribution < 1.29 is 9.90 Å². The Balaban J connectivity index is 2.39. The van der Waals surface area contributed by atoms with Gasteiger partial charge in [0.1, 0.15) is 6.04 Å². The average Bonchev–Trinajstić information content (AvgIpc) is 2.40. The van der Waals surface area contributed by atoms with Crippen LogP contribution in [-0.2, 0) is 11.2 Å². The minimum atomic E-state index is -1.06. The Morgan fingerprint density at radius 3 is 2.53 bits per heavy atom. The van der Waals surface area contributed by atoms with E-state index in [1.807, 2.05) is 30.3 Å². The Morgan fingerprint density at radius 1 is 1.21 bits per heavy atom. The molecule has 1 atom stereocenters. The highest BCUT2D eigenvalue weighted by molar-refractivity contribution is 5.72. The lowest BCUT2D eigenvalue weighted by molar-refractivity contribution is -0.141. The first kappa shape index (κ1) is 12.9. The molecule has 2 aromatic rings. The van der Waals surface area contributed by atoms with E-state index in [0.29, 0.717) is 0 Å². The van der Waals surface area contributed by atoms with Gasteiger partial charge in [0, 0.05) is 12.6 Å². The topological polar surface area (TPSA) is 85.3 Å². The Kier molecular flexibility index (Phi) is 3.66. The summed E-state index contributed by atoms with van der Waals surface area (Å²) in [6.45, 7) is 0. The summed E-state index contributed by atoms with van der Waals surface area (Å²) >= 11 is 0. The number of aromatic nitrogens is 1. The van der Waals surface area contributed by atoms with Gasteiger partial charge in [-0.1, -0.05) is 30.3 Å². The molecule has 1 aromatic carbocycles. The Labute approximate surface area is 109 Å². The molecule has 2 rings (SSSR count). The lowest BCUT2D eigenvalue weighted by atomic mass is 10.1. The minimum absolute atomic E-state index is 0.0433. The number of pyridine rings is 1. The van der Waals surface area contributed by atoms with E-state index in [-0.39, 0.29) is 12.1 Å². The van der Waals surface area contributed by atoms with Gasteiger partial charge in [-0.2, -0.15) is 0 Å². The second-order valence-electron chi connectivity index (χ2n) is 4.22. The van der Waals surface area contributed by atoms with E-state index >= 15 is 0 Å². The molecule has 19 heavy (non-hydrogen) atoms. The molecule has 1 aromatic heterocycles. The summed E-state index contributed by atoms with van der Waals surface area (Å²) in [4.78, 5) is 23.2. The zero-order valence-corrected chi connectivity index (χ0v) is 10.2. The SMILES string of the molecule is Nc1cccn(C(Cc2ccccc2)C(=O)O)c1=O.